The van der Waals surface area contributed by atoms with Crippen molar-refractivity contribution in [3.8, 4) is 0 Å². The third-order valence-electron chi connectivity index (χ3n) is 3.22. The van der Waals surface area contributed by atoms with Gasteiger partial charge in [-0.25, -0.2) is 0 Å². The molecule has 2 unspecified atom stereocenters. The minimum atomic E-state index is -0.471. The molecule has 0 saturated carbocycles. The highest BCUT2D eigenvalue weighted by Gasteiger charge is 2.36. The third-order valence-corrected chi connectivity index (χ3v) is 3.22. The normalized spacial score (nSPS) is 25.9. The van der Waals surface area contributed by atoms with E-state index in [2.05, 4.69) is 6.92 Å². The van der Waals surface area contributed by atoms with Crippen molar-refractivity contribution < 1.29 is 14.6 Å². The van der Waals surface area contributed by atoms with Crippen LogP contribution in [0.4, 0.5) is 0 Å². The molecule has 1 aliphatic heterocycles. The molecule has 1 fully saturated rings. The first-order chi connectivity index (χ1) is 7.59. The number of hydrogen-bond acceptors (Lipinski definition) is 3. The minimum absolute atomic E-state index is 0.0710. The molecular weight excluding hydrogens is 204 g/mol. The van der Waals surface area contributed by atoms with Gasteiger partial charge < -0.3 is 14.6 Å². The van der Waals surface area contributed by atoms with E-state index in [9.17, 15) is 5.11 Å². The van der Waals surface area contributed by atoms with Crippen LogP contribution in [0.2, 0.25) is 0 Å². The molecule has 16 heavy (non-hydrogen) atoms. The van der Waals surface area contributed by atoms with Gasteiger partial charge in [-0.05, 0) is 20.3 Å². The van der Waals surface area contributed by atoms with Crippen LogP contribution in [0, 0.1) is 5.92 Å². The van der Waals surface area contributed by atoms with Crippen molar-refractivity contribution in [1.82, 2.24) is 0 Å². The van der Waals surface area contributed by atoms with Crippen LogP contribution >= 0.6 is 0 Å². The second kappa shape index (κ2) is 6.58. The quantitative estimate of drug-likeness (QED) is 0.683. The Morgan fingerprint density at radius 3 is 2.56 bits per heavy atom. The molecule has 0 aromatic rings. The number of ether oxygens (including phenoxy) is 2. The van der Waals surface area contributed by atoms with E-state index >= 15 is 0 Å². The van der Waals surface area contributed by atoms with Crippen molar-refractivity contribution in [3.63, 3.8) is 0 Å². The second-order valence-electron chi connectivity index (χ2n) is 5.16. The maximum absolute atomic E-state index is 9.38. The molecular formula is C13H26O3. The van der Waals surface area contributed by atoms with Crippen LogP contribution in [0.3, 0.4) is 0 Å². The highest BCUT2D eigenvalue weighted by Crippen LogP contribution is 2.29. The molecule has 96 valence electrons. The lowest BCUT2D eigenvalue weighted by Gasteiger charge is -2.22. The summed E-state index contributed by atoms with van der Waals surface area (Å²) in [5.41, 5.74) is 0. The van der Waals surface area contributed by atoms with Gasteiger partial charge in [0.05, 0.1) is 12.7 Å². The fourth-order valence-corrected chi connectivity index (χ4v) is 2.18. The zero-order chi connectivity index (χ0) is 12.0. The molecule has 1 aliphatic rings. The van der Waals surface area contributed by atoms with Crippen molar-refractivity contribution in [2.75, 3.05) is 13.2 Å². The lowest BCUT2D eigenvalue weighted by atomic mass is 9.96. The van der Waals surface area contributed by atoms with Gasteiger partial charge in [0.25, 0.3) is 0 Å². The van der Waals surface area contributed by atoms with Crippen LogP contribution in [0.25, 0.3) is 0 Å². The van der Waals surface area contributed by atoms with Gasteiger partial charge in [-0.2, -0.15) is 0 Å². The second-order valence-corrected chi connectivity index (χ2v) is 5.16. The summed E-state index contributed by atoms with van der Waals surface area (Å²) < 4.78 is 11.3. The van der Waals surface area contributed by atoms with Crippen LogP contribution in [0.5, 0.6) is 0 Å². The average molecular weight is 230 g/mol. The lowest BCUT2D eigenvalue weighted by Crippen LogP contribution is -2.28. The molecule has 0 aromatic carbocycles. The first-order valence-corrected chi connectivity index (χ1v) is 6.51. The first-order valence-electron chi connectivity index (χ1n) is 6.51. The number of unbranched alkanes of at least 4 members (excludes halogenated alkanes) is 3. The molecule has 3 heteroatoms. The SMILES string of the molecule is CCCCCCC(CO)C1COC(C)(C)O1. The van der Waals surface area contributed by atoms with E-state index in [-0.39, 0.29) is 18.6 Å². The Hall–Kier alpha value is -0.120. The summed E-state index contributed by atoms with van der Waals surface area (Å²) in [6, 6.07) is 0. The van der Waals surface area contributed by atoms with Crippen molar-refractivity contribution in [1.29, 1.82) is 0 Å². The summed E-state index contributed by atoms with van der Waals surface area (Å²) >= 11 is 0. The van der Waals surface area contributed by atoms with Gasteiger partial charge in [0.15, 0.2) is 5.79 Å². The summed E-state index contributed by atoms with van der Waals surface area (Å²) in [7, 11) is 0. The Morgan fingerprint density at radius 2 is 2.06 bits per heavy atom. The van der Waals surface area contributed by atoms with Crippen LogP contribution in [0.15, 0.2) is 0 Å². The van der Waals surface area contributed by atoms with E-state index in [0.29, 0.717) is 6.61 Å². The summed E-state index contributed by atoms with van der Waals surface area (Å²) in [4.78, 5) is 0. The van der Waals surface area contributed by atoms with Gasteiger partial charge in [0, 0.05) is 12.5 Å². The molecule has 0 aromatic heterocycles. The Kier molecular flexibility index (Phi) is 5.73. The van der Waals surface area contributed by atoms with Crippen molar-refractivity contribution in [2.45, 2.75) is 64.8 Å². The molecule has 1 rings (SSSR count). The van der Waals surface area contributed by atoms with Crippen molar-refractivity contribution in [2.24, 2.45) is 5.92 Å². The Balaban J connectivity index is 2.26. The summed E-state index contributed by atoms with van der Waals surface area (Å²) in [5.74, 6) is -0.236. The predicted molar refractivity (Wildman–Crippen MR) is 64.2 cm³/mol. The third kappa shape index (κ3) is 4.40. The van der Waals surface area contributed by atoms with Crippen molar-refractivity contribution >= 4 is 0 Å². The van der Waals surface area contributed by atoms with Gasteiger partial charge >= 0.3 is 0 Å². The van der Waals surface area contributed by atoms with E-state index in [1.807, 2.05) is 13.8 Å². The molecule has 1 N–H and O–H groups in total. The fourth-order valence-electron chi connectivity index (χ4n) is 2.18. The highest BCUT2D eigenvalue weighted by atomic mass is 16.7. The Labute approximate surface area is 99.1 Å². The number of aliphatic hydroxyl groups is 1. The molecule has 0 bridgehead atoms. The summed E-state index contributed by atoms with van der Waals surface area (Å²) in [5, 5.41) is 9.38. The van der Waals surface area contributed by atoms with E-state index in [1.54, 1.807) is 0 Å². The number of aliphatic hydroxyl groups excluding tert-OH is 1. The predicted octanol–water partition coefficient (Wildman–Crippen LogP) is 2.72. The van der Waals surface area contributed by atoms with E-state index in [4.69, 9.17) is 9.47 Å². The molecule has 1 saturated heterocycles. The van der Waals surface area contributed by atoms with Crippen LogP contribution in [0.1, 0.15) is 52.9 Å². The molecule has 0 radical (unpaired) electrons. The molecule has 0 aliphatic carbocycles. The first kappa shape index (κ1) is 13.9. The standard InChI is InChI=1S/C13H26O3/c1-4-5-6-7-8-11(9-14)12-10-15-13(2,3)16-12/h11-12,14H,4-10H2,1-3H3. The van der Waals surface area contributed by atoms with E-state index in [0.717, 1.165) is 6.42 Å². The monoisotopic (exact) mass is 230 g/mol. The molecule has 1 heterocycles. The minimum Gasteiger partial charge on any atom is -0.396 e. The average Bonchev–Trinajstić information content (AvgIpc) is 2.59. The fraction of sp³-hybridized carbons (Fsp3) is 1.00. The maximum atomic E-state index is 9.38. The van der Waals surface area contributed by atoms with Crippen LogP contribution < -0.4 is 0 Å². The van der Waals surface area contributed by atoms with Gasteiger partial charge in [0.2, 0.25) is 0 Å². The van der Waals surface area contributed by atoms with E-state index < -0.39 is 5.79 Å². The topological polar surface area (TPSA) is 38.7 Å². The number of rotatable bonds is 7. The van der Waals surface area contributed by atoms with Crippen LogP contribution in [-0.2, 0) is 9.47 Å². The highest BCUT2D eigenvalue weighted by molar-refractivity contribution is 4.77. The zero-order valence-corrected chi connectivity index (χ0v) is 10.9. The van der Waals surface area contributed by atoms with Crippen LogP contribution in [-0.4, -0.2) is 30.2 Å². The molecule has 0 amide bonds. The van der Waals surface area contributed by atoms with Gasteiger partial charge in [-0.1, -0.05) is 32.6 Å². The van der Waals surface area contributed by atoms with Gasteiger partial charge in [0.1, 0.15) is 0 Å². The summed E-state index contributed by atoms with van der Waals surface area (Å²) in [6.45, 7) is 6.89. The smallest absolute Gasteiger partial charge is 0.163 e. The van der Waals surface area contributed by atoms with Gasteiger partial charge in [-0.15, -0.1) is 0 Å². The summed E-state index contributed by atoms with van der Waals surface area (Å²) in [6.07, 6.45) is 6.08. The lowest BCUT2D eigenvalue weighted by molar-refractivity contribution is -0.146. The number of hydrogen-bond donors (Lipinski definition) is 1. The molecule has 3 nitrogen and oxygen atoms in total. The van der Waals surface area contributed by atoms with Crippen molar-refractivity contribution in [3.05, 3.63) is 0 Å². The maximum Gasteiger partial charge on any atom is 0.163 e. The Bertz CT molecular complexity index is 192. The molecule has 0 spiro atoms. The molecule has 2 atom stereocenters. The van der Waals surface area contributed by atoms with E-state index in [1.165, 1.54) is 25.7 Å². The largest absolute Gasteiger partial charge is 0.396 e. The Morgan fingerprint density at radius 1 is 1.31 bits per heavy atom. The zero-order valence-electron chi connectivity index (χ0n) is 10.9. The van der Waals surface area contributed by atoms with Gasteiger partial charge in [-0.3, -0.25) is 0 Å².